The molecule has 4 rings (SSSR count). The maximum atomic E-state index is 13.0. The molecule has 1 fully saturated rings. The van der Waals surface area contributed by atoms with Crippen LogP contribution >= 0.6 is 0 Å². The van der Waals surface area contributed by atoms with Gasteiger partial charge in [0.1, 0.15) is 30.0 Å². The van der Waals surface area contributed by atoms with Gasteiger partial charge in [0.25, 0.3) is 5.91 Å². The number of rotatable bonds is 4. The fourth-order valence-corrected chi connectivity index (χ4v) is 3.49. The van der Waals surface area contributed by atoms with E-state index >= 15 is 0 Å². The summed E-state index contributed by atoms with van der Waals surface area (Å²) in [7, 11) is 0. The van der Waals surface area contributed by atoms with E-state index in [1.165, 1.54) is 0 Å². The molecular weight excluding hydrogens is 330 g/mol. The van der Waals surface area contributed by atoms with Gasteiger partial charge in [0.05, 0.1) is 0 Å². The van der Waals surface area contributed by atoms with Gasteiger partial charge in [0.15, 0.2) is 0 Å². The summed E-state index contributed by atoms with van der Waals surface area (Å²) in [5.74, 6) is 1.93. The topological polar surface area (TPSA) is 81.7 Å². The first-order chi connectivity index (χ1) is 12.8. The molecule has 0 aliphatic carbocycles. The van der Waals surface area contributed by atoms with Gasteiger partial charge in [0, 0.05) is 37.9 Å². The van der Waals surface area contributed by atoms with Gasteiger partial charge < -0.3 is 9.47 Å². The first-order valence-corrected chi connectivity index (χ1v) is 8.88. The molecular formula is C18H21N7O. The maximum Gasteiger partial charge on any atom is 0.272 e. The lowest BCUT2D eigenvalue weighted by Crippen LogP contribution is -2.40. The van der Waals surface area contributed by atoms with Gasteiger partial charge in [-0.05, 0) is 31.9 Å². The van der Waals surface area contributed by atoms with Crippen LogP contribution < -0.4 is 0 Å². The van der Waals surface area contributed by atoms with E-state index in [0.29, 0.717) is 18.1 Å². The van der Waals surface area contributed by atoms with Crippen molar-refractivity contribution < 1.29 is 4.79 Å². The summed E-state index contributed by atoms with van der Waals surface area (Å²) < 4.78 is 3.84. The fraction of sp³-hybridized carbons (Fsp3) is 0.389. The van der Waals surface area contributed by atoms with E-state index in [-0.39, 0.29) is 11.8 Å². The molecule has 26 heavy (non-hydrogen) atoms. The third kappa shape index (κ3) is 3.10. The molecule has 8 heteroatoms. The van der Waals surface area contributed by atoms with Gasteiger partial charge in [-0.15, -0.1) is 10.2 Å². The Kier molecular flexibility index (Phi) is 4.47. The number of pyridine rings is 1. The Balaban J connectivity index is 1.54. The van der Waals surface area contributed by atoms with Gasteiger partial charge in [0.2, 0.25) is 0 Å². The average Bonchev–Trinajstić information content (AvgIpc) is 3.39. The van der Waals surface area contributed by atoms with Crippen LogP contribution in [-0.4, -0.2) is 53.2 Å². The Hall–Kier alpha value is -3.03. The molecule has 1 aliphatic heterocycles. The van der Waals surface area contributed by atoms with Gasteiger partial charge in [-0.25, -0.2) is 9.97 Å². The predicted octanol–water partition coefficient (Wildman–Crippen LogP) is 1.90. The van der Waals surface area contributed by atoms with Crippen LogP contribution in [-0.2, 0) is 6.54 Å². The number of aryl methyl sites for hydroxylation is 1. The quantitative estimate of drug-likeness (QED) is 0.717. The largest absolute Gasteiger partial charge is 0.337 e. The molecule has 8 nitrogen and oxygen atoms in total. The Morgan fingerprint density at radius 1 is 1.27 bits per heavy atom. The van der Waals surface area contributed by atoms with Crippen LogP contribution in [0.3, 0.4) is 0 Å². The first-order valence-electron chi connectivity index (χ1n) is 8.88. The van der Waals surface area contributed by atoms with Crippen LogP contribution in [0, 0.1) is 0 Å². The van der Waals surface area contributed by atoms with E-state index in [1.807, 2.05) is 29.4 Å². The summed E-state index contributed by atoms with van der Waals surface area (Å²) in [6, 6.07) is 5.42. The Bertz CT molecular complexity index is 887. The zero-order valence-corrected chi connectivity index (χ0v) is 14.7. The van der Waals surface area contributed by atoms with Crippen molar-refractivity contribution in [1.82, 2.24) is 34.2 Å². The molecule has 0 spiro atoms. The highest BCUT2D eigenvalue weighted by atomic mass is 16.2. The molecule has 0 radical (unpaired) electrons. The standard InChI is InChI=1S/C18H21N7O/c1-2-23-10-8-19-17(23)14-5-4-9-24(11-14)18(26)15-6-3-7-16(22-15)25-12-20-21-13-25/h3,6-8,10,12-14H,2,4-5,9,11H2,1H3. The lowest BCUT2D eigenvalue weighted by atomic mass is 9.96. The van der Waals surface area contributed by atoms with Crippen molar-refractivity contribution in [2.75, 3.05) is 13.1 Å². The van der Waals surface area contributed by atoms with Crippen molar-refractivity contribution in [3.63, 3.8) is 0 Å². The highest BCUT2D eigenvalue weighted by molar-refractivity contribution is 5.92. The molecule has 1 unspecified atom stereocenters. The number of nitrogens with zero attached hydrogens (tertiary/aromatic N) is 7. The van der Waals surface area contributed by atoms with Gasteiger partial charge in [-0.1, -0.05) is 6.07 Å². The van der Waals surface area contributed by atoms with Crippen molar-refractivity contribution in [2.45, 2.75) is 32.2 Å². The number of amides is 1. The molecule has 0 aromatic carbocycles. The van der Waals surface area contributed by atoms with Crippen LogP contribution in [0.15, 0.2) is 43.2 Å². The molecule has 1 amide bonds. The molecule has 1 saturated heterocycles. The van der Waals surface area contributed by atoms with Gasteiger partial charge in [-0.2, -0.15) is 0 Å². The molecule has 1 aliphatic rings. The average molecular weight is 351 g/mol. The molecule has 0 bridgehead atoms. The van der Waals surface area contributed by atoms with E-state index in [2.05, 4.69) is 31.7 Å². The molecule has 134 valence electrons. The lowest BCUT2D eigenvalue weighted by Gasteiger charge is -2.32. The number of likely N-dealkylation sites (tertiary alicyclic amines) is 1. The molecule has 3 aromatic rings. The number of carbonyl (C=O) groups is 1. The molecule has 1 atom stereocenters. The second-order valence-corrected chi connectivity index (χ2v) is 6.41. The SMILES string of the molecule is CCn1ccnc1C1CCCN(C(=O)c2cccc(-n3cnnc3)n2)C1. The number of imidazole rings is 1. The molecule has 0 N–H and O–H groups in total. The highest BCUT2D eigenvalue weighted by Crippen LogP contribution is 2.26. The van der Waals surface area contributed by atoms with Crippen molar-refractivity contribution in [2.24, 2.45) is 0 Å². The summed E-state index contributed by atoms with van der Waals surface area (Å²) in [6.45, 7) is 4.43. The van der Waals surface area contributed by atoms with Crippen LogP contribution in [0.2, 0.25) is 0 Å². The summed E-state index contributed by atoms with van der Waals surface area (Å²) in [5, 5.41) is 7.57. The zero-order chi connectivity index (χ0) is 17.9. The second kappa shape index (κ2) is 7.07. The van der Waals surface area contributed by atoms with Crippen molar-refractivity contribution in [1.29, 1.82) is 0 Å². The fourth-order valence-electron chi connectivity index (χ4n) is 3.49. The monoisotopic (exact) mass is 351 g/mol. The predicted molar refractivity (Wildman–Crippen MR) is 94.9 cm³/mol. The normalized spacial score (nSPS) is 17.4. The van der Waals surface area contributed by atoms with Crippen LogP contribution in [0.1, 0.15) is 42.0 Å². The smallest absolute Gasteiger partial charge is 0.272 e. The van der Waals surface area contributed by atoms with Gasteiger partial charge in [-0.3, -0.25) is 9.36 Å². The molecule has 4 heterocycles. The van der Waals surface area contributed by atoms with Crippen LogP contribution in [0.5, 0.6) is 0 Å². The van der Waals surface area contributed by atoms with Crippen LogP contribution in [0.25, 0.3) is 5.82 Å². The van der Waals surface area contributed by atoms with Crippen LogP contribution in [0.4, 0.5) is 0 Å². The summed E-state index contributed by atoms with van der Waals surface area (Å²) in [4.78, 5) is 23.9. The van der Waals surface area contributed by atoms with E-state index < -0.39 is 0 Å². The van der Waals surface area contributed by atoms with E-state index in [1.54, 1.807) is 23.3 Å². The summed E-state index contributed by atoms with van der Waals surface area (Å²) in [5.41, 5.74) is 0.440. The zero-order valence-electron chi connectivity index (χ0n) is 14.7. The second-order valence-electron chi connectivity index (χ2n) is 6.41. The van der Waals surface area contributed by atoms with Crippen molar-refractivity contribution in [3.05, 3.63) is 54.8 Å². The maximum absolute atomic E-state index is 13.0. The third-order valence-corrected chi connectivity index (χ3v) is 4.80. The Labute approximate surface area is 151 Å². The number of hydrogen-bond donors (Lipinski definition) is 0. The number of hydrogen-bond acceptors (Lipinski definition) is 5. The lowest BCUT2D eigenvalue weighted by molar-refractivity contribution is 0.0697. The van der Waals surface area contributed by atoms with E-state index in [4.69, 9.17) is 0 Å². The summed E-state index contributed by atoms with van der Waals surface area (Å²) in [6.07, 6.45) is 8.99. The first kappa shape index (κ1) is 16.4. The third-order valence-electron chi connectivity index (χ3n) is 4.80. The minimum atomic E-state index is -0.0424. The van der Waals surface area contributed by atoms with E-state index in [0.717, 1.165) is 31.8 Å². The minimum absolute atomic E-state index is 0.0424. The number of carbonyl (C=O) groups excluding carboxylic acids is 1. The van der Waals surface area contributed by atoms with E-state index in [9.17, 15) is 4.79 Å². The van der Waals surface area contributed by atoms with Crippen molar-refractivity contribution in [3.8, 4) is 5.82 Å². The molecule has 0 saturated carbocycles. The Morgan fingerprint density at radius 3 is 2.92 bits per heavy atom. The Morgan fingerprint density at radius 2 is 2.12 bits per heavy atom. The molecule has 3 aromatic heterocycles. The highest BCUT2D eigenvalue weighted by Gasteiger charge is 2.28. The number of piperidine rings is 1. The number of aromatic nitrogens is 6. The van der Waals surface area contributed by atoms with Crippen molar-refractivity contribution >= 4 is 5.91 Å². The summed E-state index contributed by atoms with van der Waals surface area (Å²) >= 11 is 0. The minimum Gasteiger partial charge on any atom is -0.337 e. The van der Waals surface area contributed by atoms with Gasteiger partial charge >= 0.3 is 0 Å².